The molecule has 0 aromatic heterocycles. The summed E-state index contributed by atoms with van der Waals surface area (Å²) in [6.45, 7) is 3.61. The fraction of sp³-hybridized carbons (Fsp3) is 0.133. The number of hydrogen-bond acceptors (Lipinski definition) is 3. The van der Waals surface area contributed by atoms with Crippen molar-refractivity contribution in [2.24, 2.45) is 0 Å². The summed E-state index contributed by atoms with van der Waals surface area (Å²) in [4.78, 5) is 11.1. The number of carbonyl (C=O) groups is 1. The highest BCUT2D eigenvalue weighted by molar-refractivity contribution is 6.31. The molecular weight excluding hydrogens is 278 g/mol. The number of aryl methyl sites for hydroxylation is 2. The van der Waals surface area contributed by atoms with E-state index in [0.717, 1.165) is 5.56 Å². The Kier molecular flexibility index (Phi) is 3.86. The number of nitrogens with two attached hydrogens (primary N) is 1. The Morgan fingerprint density at radius 3 is 2.40 bits per heavy atom. The van der Waals surface area contributed by atoms with Gasteiger partial charge in [0.2, 0.25) is 0 Å². The summed E-state index contributed by atoms with van der Waals surface area (Å²) in [6, 6.07) is 8.35. The third-order valence-corrected chi connectivity index (χ3v) is 3.38. The summed E-state index contributed by atoms with van der Waals surface area (Å²) < 4.78 is 5.66. The highest BCUT2D eigenvalue weighted by atomic mass is 35.5. The number of carboxylic acid groups (broad SMARTS) is 1. The number of ether oxygens (including phenoxy) is 1. The third-order valence-electron chi connectivity index (χ3n) is 2.96. The zero-order valence-corrected chi connectivity index (χ0v) is 11.9. The zero-order valence-electron chi connectivity index (χ0n) is 11.1. The topological polar surface area (TPSA) is 72.5 Å². The molecule has 0 fully saturated rings. The summed E-state index contributed by atoms with van der Waals surface area (Å²) in [5.41, 5.74) is 7.56. The summed E-state index contributed by atoms with van der Waals surface area (Å²) >= 11 is 5.95. The maximum atomic E-state index is 11.1. The van der Waals surface area contributed by atoms with Crippen LogP contribution in [0, 0.1) is 13.8 Å². The van der Waals surface area contributed by atoms with Crippen LogP contribution in [-0.2, 0) is 0 Å². The molecule has 2 aromatic rings. The van der Waals surface area contributed by atoms with Gasteiger partial charge in [-0.2, -0.15) is 0 Å². The molecule has 0 aliphatic rings. The number of anilines is 1. The van der Waals surface area contributed by atoms with E-state index in [0.29, 0.717) is 22.1 Å². The summed E-state index contributed by atoms with van der Waals surface area (Å²) in [5.74, 6) is -0.0634. The number of rotatable bonds is 3. The fourth-order valence-corrected chi connectivity index (χ4v) is 1.94. The van der Waals surface area contributed by atoms with Crippen LogP contribution in [0.4, 0.5) is 5.69 Å². The Bertz CT molecular complexity index is 683. The number of aromatic carboxylic acids is 1. The maximum absolute atomic E-state index is 11.1. The van der Waals surface area contributed by atoms with Crippen molar-refractivity contribution in [2.75, 3.05) is 5.73 Å². The smallest absolute Gasteiger partial charge is 0.337 e. The Morgan fingerprint density at radius 2 is 1.80 bits per heavy atom. The first-order valence-corrected chi connectivity index (χ1v) is 6.33. The lowest BCUT2D eigenvalue weighted by Crippen LogP contribution is -2.04. The Labute approximate surface area is 121 Å². The number of hydrogen-bond donors (Lipinski definition) is 2. The average molecular weight is 292 g/mol. The third kappa shape index (κ3) is 2.86. The maximum Gasteiger partial charge on any atom is 0.337 e. The minimum Gasteiger partial charge on any atom is -0.478 e. The molecule has 0 amide bonds. The SMILES string of the molecule is Cc1cc(Oc2cc(C)c(N)c(C(=O)O)c2)ccc1Cl. The Balaban J connectivity index is 2.38. The van der Waals surface area contributed by atoms with Gasteiger partial charge in [-0.25, -0.2) is 4.79 Å². The highest BCUT2D eigenvalue weighted by Crippen LogP contribution is 2.30. The van der Waals surface area contributed by atoms with Gasteiger partial charge in [0.25, 0.3) is 0 Å². The largest absolute Gasteiger partial charge is 0.478 e. The fourth-order valence-electron chi connectivity index (χ4n) is 1.82. The van der Waals surface area contributed by atoms with E-state index in [9.17, 15) is 4.79 Å². The quantitative estimate of drug-likeness (QED) is 0.837. The van der Waals surface area contributed by atoms with Gasteiger partial charge < -0.3 is 15.6 Å². The number of halogens is 1. The van der Waals surface area contributed by atoms with Crippen molar-refractivity contribution in [3.63, 3.8) is 0 Å². The molecule has 2 aromatic carbocycles. The van der Waals surface area contributed by atoms with Crippen LogP contribution in [0.3, 0.4) is 0 Å². The number of nitrogen functional groups attached to an aromatic ring is 1. The molecule has 20 heavy (non-hydrogen) atoms. The van der Waals surface area contributed by atoms with Crippen LogP contribution >= 0.6 is 11.6 Å². The normalized spacial score (nSPS) is 10.3. The lowest BCUT2D eigenvalue weighted by Gasteiger charge is -2.11. The molecule has 0 unspecified atom stereocenters. The zero-order chi connectivity index (χ0) is 14.9. The molecule has 0 aliphatic heterocycles. The molecule has 0 bridgehead atoms. The van der Waals surface area contributed by atoms with E-state index in [4.69, 9.17) is 27.2 Å². The second-order valence-electron chi connectivity index (χ2n) is 4.52. The molecule has 0 saturated heterocycles. The molecule has 0 spiro atoms. The van der Waals surface area contributed by atoms with Gasteiger partial charge >= 0.3 is 5.97 Å². The molecule has 5 heteroatoms. The second-order valence-corrected chi connectivity index (χ2v) is 4.93. The molecule has 0 heterocycles. The second kappa shape index (κ2) is 5.43. The molecule has 0 atom stereocenters. The molecule has 3 N–H and O–H groups in total. The van der Waals surface area contributed by atoms with Crippen LogP contribution in [-0.4, -0.2) is 11.1 Å². The first-order valence-electron chi connectivity index (χ1n) is 5.96. The van der Waals surface area contributed by atoms with E-state index in [1.165, 1.54) is 6.07 Å². The monoisotopic (exact) mass is 291 g/mol. The first-order chi connectivity index (χ1) is 9.38. The van der Waals surface area contributed by atoms with Gasteiger partial charge in [-0.05, 0) is 55.3 Å². The minimum atomic E-state index is -1.08. The van der Waals surface area contributed by atoms with E-state index < -0.39 is 5.97 Å². The average Bonchev–Trinajstić information content (AvgIpc) is 2.37. The predicted molar refractivity (Wildman–Crippen MR) is 78.8 cm³/mol. The lowest BCUT2D eigenvalue weighted by atomic mass is 10.1. The van der Waals surface area contributed by atoms with Gasteiger partial charge in [0.1, 0.15) is 11.5 Å². The summed E-state index contributed by atoms with van der Waals surface area (Å²) in [6.07, 6.45) is 0. The summed E-state index contributed by atoms with van der Waals surface area (Å²) in [7, 11) is 0. The van der Waals surface area contributed by atoms with E-state index in [-0.39, 0.29) is 11.3 Å². The molecule has 0 saturated carbocycles. The van der Waals surface area contributed by atoms with Crippen molar-refractivity contribution in [1.82, 2.24) is 0 Å². The first kappa shape index (κ1) is 14.2. The van der Waals surface area contributed by atoms with Crippen molar-refractivity contribution < 1.29 is 14.6 Å². The van der Waals surface area contributed by atoms with E-state index in [1.54, 1.807) is 31.2 Å². The van der Waals surface area contributed by atoms with Crippen LogP contribution in [0.2, 0.25) is 5.02 Å². The van der Waals surface area contributed by atoms with Gasteiger partial charge in [0, 0.05) is 10.7 Å². The Hall–Kier alpha value is -2.20. The Morgan fingerprint density at radius 1 is 1.15 bits per heavy atom. The minimum absolute atomic E-state index is 0.0330. The van der Waals surface area contributed by atoms with Crippen molar-refractivity contribution >= 4 is 23.3 Å². The molecule has 0 radical (unpaired) electrons. The van der Waals surface area contributed by atoms with Gasteiger partial charge in [0.05, 0.1) is 5.56 Å². The van der Waals surface area contributed by atoms with E-state index >= 15 is 0 Å². The van der Waals surface area contributed by atoms with E-state index in [1.807, 2.05) is 6.92 Å². The molecule has 104 valence electrons. The lowest BCUT2D eigenvalue weighted by molar-refractivity contribution is 0.0697. The molecule has 0 aliphatic carbocycles. The molecule has 2 rings (SSSR count). The van der Waals surface area contributed by atoms with Crippen LogP contribution < -0.4 is 10.5 Å². The van der Waals surface area contributed by atoms with Crippen LogP contribution in [0.1, 0.15) is 21.5 Å². The van der Waals surface area contributed by atoms with Gasteiger partial charge in [0.15, 0.2) is 0 Å². The van der Waals surface area contributed by atoms with E-state index in [2.05, 4.69) is 0 Å². The standard InChI is InChI=1S/C15H14ClNO3/c1-8-5-10(3-4-13(8)16)20-11-6-9(2)14(17)12(7-11)15(18)19/h3-7H,17H2,1-2H3,(H,18,19). The molecule has 4 nitrogen and oxygen atoms in total. The van der Waals surface area contributed by atoms with Crippen molar-refractivity contribution in [3.8, 4) is 11.5 Å². The predicted octanol–water partition coefficient (Wildman–Crippen LogP) is 4.03. The van der Waals surface area contributed by atoms with Gasteiger partial charge in [-0.1, -0.05) is 11.6 Å². The highest BCUT2D eigenvalue weighted by Gasteiger charge is 2.13. The van der Waals surface area contributed by atoms with Gasteiger partial charge in [-0.15, -0.1) is 0 Å². The van der Waals surface area contributed by atoms with Crippen LogP contribution in [0.5, 0.6) is 11.5 Å². The van der Waals surface area contributed by atoms with Crippen molar-refractivity contribution in [3.05, 3.63) is 52.0 Å². The summed E-state index contributed by atoms with van der Waals surface area (Å²) in [5, 5.41) is 9.76. The number of carboxylic acids is 1. The van der Waals surface area contributed by atoms with Crippen LogP contribution in [0.15, 0.2) is 30.3 Å². The number of benzene rings is 2. The molecular formula is C15H14ClNO3. The van der Waals surface area contributed by atoms with Gasteiger partial charge in [-0.3, -0.25) is 0 Å². The van der Waals surface area contributed by atoms with Crippen molar-refractivity contribution in [2.45, 2.75) is 13.8 Å². The van der Waals surface area contributed by atoms with Crippen molar-refractivity contribution in [1.29, 1.82) is 0 Å². The van der Waals surface area contributed by atoms with Crippen LogP contribution in [0.25, 0.3) is 0 Å².